The van der Waals surface area contributed by atoms with Gasteiger partial charge in [-0.3, -0.25) is 0 Å². The van der Waals surface area contributed by atoms with Crippen LogP contribution in [0.2, 0.25) is 0 Å². The van der Waals surface area contributed by atoms with Crippen molar-refractivity contribution in [3.8, 4) is 0 Å². The molecular formula is C13H16IN3O. The topological polar surface area (TPSA) is 53.1 Å². The van der Waals surface area contributed by atoms with Crippen molar-refractivity contribution < 1.29 is 4.74 Å². The number of fused-ring (bicyclic) bond motifs is 1. The summed E-state index contributed by atoms with van der Waals surface area (Å²) < 4.78 is 8.96. The fourth-order valence-electron chi connectivity index (χ4n) is 2.68. The number of imidazole rings is 1. The average Bonchev–Trinajstić information content (AvgIpc) is 2.64. The second-order valence-electron chi connectivity index (χ2n) is 4.83. The maximum atomic E-state index is 6.09. The molecule has 1 aromatic heterocycles. The fraction of sp³-hybridized carbons (Fsp3) is 0.462. The van der Waals surface area contributed by atoms with Gasteiger partial charge in [-0.15, -0.1) is 0 Å². The Balaban J connectivity index is 2.07. The smallest absolute Gasteiger partial charge is 0.201 e. The van der Waals surface area contributed by atoms with Crippen LogP contribution in [0, 0.1) is 3.57 Å². The van der Waals surface area contributed by atoms with Gasteiger partial charge in [0.2, 0.25) is 5.95 Å². The highest BCUT2D eigenvalue weighted by atomic mass is 127. The van der Waals surface area contributed by atoms with E-state index in [1.165, 1.54) is 3.57 Å². The summed E-state index contributed by atoms with van der Waals surface area (Å²) in [6.07, 6.45) is 2.30. The molecule has 1 aliphatic rings. The highest BCUT2D eigenvalue weighted by Gasteiger charge is 2.24. The van der Waals surface area contributed by atoms with Crippen LogP contribution in [0.25, 0.3) is 11.0 Å². The summed E-state index contributed by atoms with van der Waals surface area (Å²) in [6.45, 7) is 2.92. The van der Waals surface area contributed by atoms with E-state index in [4.69, 9.17) is 10.5 Å². The molecule has 0 amide bonds. The van der Waals surface area contributed by atoms with Crippen LogP contribution < -0.4 is 5.73 Å². The predicted octanol–water partition coefficient (Wildman–Crippen LogP) is 2.96. The van der Waals surface area contributed by atoms with Crippen LogP contribution in [0.15, 0.2) is 18.2 Å². The number of benzene rings is 1. The molecule has 2 N–H and O–H groups in total. The molecule has 2 heterocycles. The second kappa shape index (κ2) is 4.70. The van der Waals surface area contributed by atoms with Gasteiger partial charge >= 0.3 is 0 Å². The third-order valence-corrected chi connectivity index (χ3v) is 4.17. The fourth-order valence-corrected chi connectivity index (χ4v) is 3.16. The molecule has 0 spiro atoms. The van der Waals surface area contributed by atoms with E-state index < -0.39 is 0 Å². The van der Waals surface area contributed by atoms with Crippen LogP contribution in [0.1, 0.15) is 25.8 Å². The Bertz CT molecular complexity index is 581. The molecule has 1 saturated heterocycles. The summed E-state index contributed by atoms with van der Waals surface area (Å²) in [7, 11) is 0. The molecule has 18 heavy (non-hydrogen) atoms. The highest BCUT2D eigenvalue weighted by molar-refractivity contribution is 14.1. The number of nitrogen functional groups attached to an aromatic ring is 1. The Morgan fingerprint density at radius 1 is 1.50 bits per heavy atom. The van der Waals surface area contributed by atoms with Crippen LogP contribution >= 0.6 is 22.6 Å². The first-order valence-electron chi connectivity index (χ1n) is 6.19. The number of nitrogens with two attached hydrogens (primary N) is 1. The molecule has 0 radical (unpaired) electrons. The first-order valence-corrected chi connectivity index (χ1v) is 7.27. The number of hydrogen-bond donors (Lipinski definition) is 1. The van der Waals surface area contributed by atoms with Gasteiger partial charge in [-0.2, -0.15) is 0 Å². The van der Waals surface area contributed by atoms with Crippen LogP contribution in [0.4, 0.5) is 5.95 Å². The number of anilines is 1. The third-order valence-electron chi connectivity index (χ3n) is 3.50. The lowest BCUT2D eigenvalue weighted by Crippen LogP contribution is -2.26. The Morgan fingerprint density at radius 2 is 2.33 bits per heavy atom. The number of rotatable bonds is 1. The minimum atomic E-state index is 0.296. The van der Waals surface area contributed by atoms with E-state index in [0.29, 0.717) is 18.1 Å². The molecule has 1 aliphatic heterocycles. The zero-order chi connectivity index (χ0) is 12.7. The van der Waals surface area contributed by atoms with Gasteiger partial charge in [0.05, 0.1) is 17.1 Å². The maximum Gasteiger partial charge on any atom is 0.201 e. The van der Waals surface area contributed by atoms with Crippen molar-refractivity contribution in [3.63, 3.8) is 0 Å². The van der Waals surface area contributed by atoms with Crippen molar-refractivity contribution in [1.29, 1.82) is 0 Å². The molecular weight excluding hydrogens is 341 g/mol. The molecule has 5 heteroatoms. The minimum absolute atomic E-state index is 0.296. The van der Waals surface area contributed by atoms with Crippen molar-refractivity contribution in [3.05, 3.63) is 21.8 Å². The van der Waals surface area contributed by atoms with Gasteiger partial charge in [-0.1, -0.05) is 0 Å². The van der Waals surface area contributed by atoms with Crippen molar-refractivity contribution in [2.75, 3.05) is 12.3 Å². The predicted molar refractivity (Wildman–Crippen MR) is 80.5 cm³/mol. The van der Waals surface area contributed by atoms with E-state index in [2.05, 4.69) is 57.3 Å². The maximum absolute atomic E-state index is 6.09. The van der Waals surface area contributed by atoms with Crippen LogP contribution in [0.5, 0.6) is 0 Å². The lowest BCUT2D eigenvalue weighted by Gasteiger charge is -2.29. The Labute approximate surface area is 120 Å². The van der Waals surface area contributed by atoms with Gasteiger partial charge < -0.3 is 15.0 Å². The number of aromatic nitrogens is 2. The zero-order valence-corrected chi connectivity index (χ0v) is 12.4. The quantitative estimate of drug-likeness (QED) is 0.799. The lowest BCUT2D eigenvalue weighted by molar-refractivity contribution is 0.00714. The largest absolute Gasteiger partial charge is 0.378 e. The molecule has 1 fully saturated rings. The van der Waals surface area contributed by atoms with Crippen molar-refractivity contribution >= 4 is 39.6 Å². The van der Waals surface area contributed by atoms with Crippen molar-refractivity contribution in [2.45, 2.75) is 31.9 Å². The van der Waals surface area contributed by atoms with E-state index in [-0.39, 0.29) is 0 Å². The molecule has 0 saturated carbocycles. The van der Waals surface area contributed by atoms with Gasteiger partial charge in [-0.05, 0) is 60.6 Å². The summed E-state index contributed by atoms with van der Waals surface area (Å²) >= 11 is 2.30. The Kier molecular flexibility index (Phi) is 3.19. The molecule has 3 rings (SSSR count). The van der Waals surface area contributed by atoms with E-state index >= 15 is 0 Å². The van der Waals surface area contributed by atoms with Gasteiger partial charge in [-0.25, -0.2) is 4.98 Å². The standard InChI is InChI=1S/C13H16IN3O/c1-8-6-10(4-5-18-8)17-12-3-2-9(14)7-11(12)16-13(17)15/h2-3,7-8,10H,4-6H2,1H3,(H2,15,16). The number of nitrogens with zero attached hydrogens (tertiary/aromatic N) is 2. The molecule has 2 aromatic rings. The molecule has 0 aliphatic carbocycles. The van der Waals surface area contributed by atoms with E-state index in [9.17, 15) is 0 Å². The third kappa shape index (κ3) is 2.09. The Hall–Kier alpha value is -0.820. The SMILES string of the molecule is CC1CC(n2c(N)nc3cc(I)ccc32)CCO1. The minimum Gasteiger partial charge on any atom is -0.378 e. The summed E-state index contributed by atoms with van der Waals surface area (Å²) in [5, 5.41) is 0. The van der Waals surface area contributed by atoms with Crippen LogP contribution in [-0.2, 0) is 4.74 Å². The average molecular weight is 357 g/mol. The van der Waals surface area contributed by atoms with Crippen LogP contribution in [-0.4, -0.2) is 22.3 Å². The molecule has 4 nitrogen and oxygen atoms in total. The van der Waals surface area contributed by atoms with Gasteiger partial charge in [0, 0.05) is 16.2 Å². The molecule has 96 valence electrons. The van der Waals surface area contributed by atoms with E-state index in [0.717, 1.165) is 30.5 Å². The van der Waals surface area contributed by atoms with E-state index in [1.807, 2.05) is 0 Å². The monoisotopic (exact) mass is 357 g/mol. The summed E-state index contributed by atoms with van der Waals surface area (Å²) in [6, 6.07) is 6.69. The number of hydrogen-bond acceptors (Lipinski definition) is 3. The zero-order valence-electron chi connectivity index (χ0n) is 10.3. The molecule has 2 atom stereocenters. The highest BCUT2D eigenvalue weighted by Crippen LogP contribution is 2.31. The first kappa shape index (κ1) is 12.2. The number of ether oxygens (including phenoxy) is 1. The molecule has 1 aromatic carbocycles. The number of halogens is 1. The Morgan fingerprint density at radius 3 is 3.11 bits per heavy atom. The molecule has 0 bridgehead atoms. The van der Waals surface area contributed by atoms with Gasteiger partial charge in [0.1, 0.15) is 0 Å². The van der Waals surface area contributed by atoms with Gasteiger partial charge in [0.15, 0.2) is 0 Å². The van der Waals surface area contributed by atoms with Crippen LogP contribution in [0.3, 0.4) is 0 Å². The van der Waals surface area contributed by atoms with Crippen molar-refractivity contribution in [2.24, 2.45) is 0 Å². The normalized spacial score (nSPS) is 24.6. The second-order valence-corrected chi connectivity index (χ2v) is 6.08. The van der Waals surface area contributed by atoms with Gasteiger partial charge in [0.25, 0.3) is 0 Å². The summed E-state index contributed by atoms with van der Waals surface area (Å²) in [5.41, 5.74) is 8.20. The summed E-state index contributed by atoms with van der Waals surface area (Å²) in [4.78, 5) is 4.47. The summed E-state index contributed by atoms with van der Waals surface area (Å²) in [5.74, 6) is 0.617. The lowest BCUT2D eigenvalue weighted by atomic mass is 10.0. The van der Waals surface area contributed by atoms with E-state index in [1.54, 1.807) is 0 Å². The first-order chi connectivity index (χ1) is 8.65. The van der Waals surface area contributed by atoms with Crippen molar-refractivity contribution in [1.82, 2.24) is 9.55 Å². The molecule has 2 unspecified atom stereocenters.